The Balaban J connectivity index is 1.48. The van der Waals surface area contributed by atoms with E-state index in [4.69, 9.17) is 16.3 Å². The largest absolute Gasteiger partial charge is 0.489 e. The highest BCUT2D eigenvalue weighted by Gasteiger charge is 2.26. The number of carbonyl (C=O) groups excluding carboxylic acids is 1. The molecule has 3 rings (SSSR count). The molecule has 1 amide bonds. The Morgan fingerprint density at radius 3 is 2.33 bits per heavy atom. The van der Waals surface area contributed by atoms with Crippen LogP contribution < -0.4 is 9.47 Å². The molecule has 9 heteroatoms. The van der Waals surface area contributed by atoms with Crippen LogP contribution in [0.1, 0.15) is 10.4 Å². The first-order valence-electron chi connectivity index (χ1n) is 9.55. The average Bonchev–Trinajstić information content (AvgIpc) is 2.73. The predicted octanol–water partition coefficient (Wildman–Crippen LogP) is 3.14. The first-order valence-corrected chi connectivity index (χ1v) is 9.92. The molecule has 1 fully saturated rings. The number of nitrogens with zero attached hydrogens (tertiary/aromatic N) is 2. The first-order chi connectivity index (χ1) is 14.4. The number of benzene rings is 2. The van der Waals surface area contributed by atoms with Crippen molar-refractivity contribution in [2.24, 2.45) is 0 Å². The fourth-order valence-corrected chi connectivity index (χ4v) is 3.43. The molecule has 2 aromatic carbocycles. The number of halogens is 3. The fraction of sp³-hybridized carbons (Fsp3) is 0.381. The topological polar surface area (TPSA) is 62.2 Å². The third-order valence-electron chi connectivity index (χ3n) is 4.73. The number of ether oxygens (including phenoxy) is 2. The monoisotopic (exact) mass is 440 g/mol. The third kappa shape index (κ3) is 6.04. The quantitative estimate of drug-likeness (QED) is 0.683. The Hall–Kier alpha value is -2.42. The summed E-state index contributed by atoms with van der Waals surface area (Å²) in [5.41, 5.74) is 0.111. The summed E-state index contributed by atoms with van der Waals surface area (Å²) in [6, 6.07) is 13.0. The van der Waals surface area contributed by atoms with Gasteiger partial charge >= 0.3 is 6.61 Å². The molecule has 0 aromatic heterocycles. The number of aliphatic hydroxyl groups excluding tert-OH is 1. The van der Waals surface area contributed by atoms with Crippen LogP contribution in [0.15, 0.2) is 48.5 Å². The van der Waals surface area contributed by atoms with E-state index in [1.165, 1.54) is 12.1 Å². The molecular weight excluding hydrogens is 418 g/mol. The molecule has 1 atom stereocenters. The van der Waals surface area contributed by atoms with Gasteiger partial charge in [-0.3, -0.25) is 9.69 Å². The second kappa shape index (κ2) is 10.6. The minimum absolute atomic E-state index is 0.0984. The standard InChI is InChI=1S/C21H23ClF2N2O4/c22-17-6-2-4-8-19(17)29-14-15(27)13-25-9-11-26(12-10-25)20(28)16-5-1-3-7-18(16)30-21(23)24/h1-8,15,21,27H,9-14H2. The maximum Gasteiger partial charge on any atom is 0.387 e. The van der Waals surface area contributed by atoms with E-state index in [1.54, 1.807) is 41.3 Å². The highest BCUT2D eigenvalue weighted by molar-refractivity contribution is 6.32. The van der Waals surface area contributed by atoms with Gasteiger partial charge < -0.3 is 19.5 Å². The Labute approximate surface area is 178 Å². The van der Waals surface area contributed by atoms with E-state index >= 15 is 0 Å². The van der Waals surface area contributed by atoms with Gasteiger partial charge in [0.25, 0.3) is 5.91 Å². The van der Waals surface area contributed by atoms with Gasteiger partial charge in [-0.1, -0.05) is 35.9 Å². The van der Waals surface area contributed by atoms with Crippen LogP contribution in [0.25, 0.3) is 0 Å². The van der Waals surface area contributed by atoms with Crippen molar-refractivity contribution in [3.8, 4) is 11.5 Å². The lowest BCUT2D eigenvalue weighted by molar-refractivity contribution is -0.0503. The van der Waals surface area contributed by atoms with Crippen molar-refractivity contribution in [2.45, 2.75) is 12.7 Å². The Morgan fingerprint density at radius 2 is 1.67 bits per heavy atom. The number of amides is 1. The SMILES string of the molecule is O=C(c1ccccc1OC(F)F)N1CCN(CC(O)COc2ccccc2Cl)CC1. The van der Waals surface area contributed by atoms with Crippen LogP contribution in [0.3, 0.4) is 0 Å². The Morgan fingerprint density at radius 1 is 1.03 bits per heavy atom. The van der Waals surface area contributed by atoms with Gasteiger partial charge in [0.1, 0.15) is 24.2 Å². The summed E-state index contributed by atoms with van der Waals surface area (Å²) in [5.74, 6) is 0.0267. The highest BCUT2D eigenvalue weighted by Crippen LogP contribution is 2.24. The zero-order valence-corrected chi connectivity index (χ0v) is 17.0. The molecule has 0 bridgehead atoms. The van der Waals surface area contributed by atoms with Crippen LogP contribution >= 0.6 is 11.6 Å². The maximum absolute atomic E-state index is 12.7. The summed E-state index contributed by atoms with van der Waals surface area (Å²) >= 11 is 6.03. The van der Waals surface area contributed by atoms with E-state index in [-0.39, 0.29) is 23.8 Å². The molecule has 0 saturated carbocycles. The maximum atomic E-state index is 12.7. The van der Waals surface area contributed by atoms with Crippen LogP contribution in [0, 0.1) is 0 Å². The summed E-state index contributed by atoms with van der Waals surface area (Å²) in [4.78, 5) is 16.3. The minimum Gasteiger partial charge on any atom is -0.489 e. The van der Waals surface area contributed by atoms with Crippen molar-refractivity contribution in [3.63, 3.8) is 0 Å². The van der Waals surface area contributed by atoms with Gasteiger partial charge in [-0.05, 0) is 24.3 Å². The smallest absolute Gasteiger partial charge is 0.387 e. The molecule has 0 aliphatic carbocycles. The van der Waals surface area contributed by atoms with E-state index in [0.717, 1.165) is 0 Å². The minimum atomic E-state index is -3.00. The average molecular weight is 441 g/mol. The molecule has 0 spiro atoms. The number of para-hydroxylation sites is 2. The first kappa shape index (κ1) is 22.3. The van der Waals surface area contributed by atoms with Crippen LogP contribution in [-0.2, 0) is 0 Å². The van der Waals surface area contributed by atoms with Crippen LogP contribution in [-0.4, -0.2) is 72.9 Å². The summed E-state index contributed by atoms with van der Waals surface area (Å²) in [7, 11) is 0. The van der Waals surface area contributed by atoms with Crippen LogP contribution in [0.4, 0.5) is 8.78 Å². The van der Waals surface area contributed by atoms with Gasteiger partial charge in [0.05, 0.1) is 10.6 Å². The lowest BCUT2D eigenvalue weighted by atomic mass is 10.1. The number of aliphatic hydroxyl groups is 1. The molecule has 2 aromatic rings. The molecule has 1 N–H and O–H groups in total. The van der Waals surface area contributed by atoms with E-state index < -0.39 is 12.7 Å². The zero-order valence-electron chi connectivity index (χ0n) is 16.2. The van der Waals surface area contributed by atoms with E-state index in [9.17, 15) is 18.7 Å². The van der Waals surface area contributed by atoms with Gasteiger partial charge in [0.15, 0.2) is 0 Å². The van der Waals surface area contributed by atoms with Gasteiger partial charge in [-0.2, -0.15) is 8.78 Å². The number of alkyl halides is 2. The molecule has 6 nitrogen and oxygen atoms in total. The number of piperazine rings is 1. The lowest BCUT2D eigenvalue weighted by Crippen LogP contribution is -2.51. The molecule has 0 radical (unpaired) electrons. The van der Waals surface area contributed by atoms with Crippen molar-refractivity contribution in [3.05, 3.63) is 59.1 Å². The zero-order chi connectivity index (χ0) is 21.5. The molecule has 1 saturated heterocycles. The van der Waals surface area contributed by atoms with Crippen molar-refractivity contribution >= 4 is 17.5 Å². The van der Waals surface area contributed by atoms with Crippen molar-refractivity contribution < 1.29 is 28.2 Å². The second-order valence-corrected chi connectivity index (χ2v) is 7.27. The number of rotatable bonds is 8. The van der Waals surface area contributed by atoms with E-state index in [2.05, 4.69) is 4.74 Å². The molecule has 1 aliphatic rings. The Kier molecular flexibility index (Phi) is 7.84. The Bertz CT molecular complexity index is 847. The molecule has 1 heterocycles. The summed E-state index contributed by atoms with van der Waals surface area (Å²) in [5, 5.41) is 10.7. The van der Waals surface area contributed by atoms with E-state index in [1.807, 2.05) is 4.90 Å². The fourth-order valence-electron chi connectivity index (χ4n) is 3.24. The van der Waals surface area contributed by atoms with Crippen LogP contribution in [0.2, 0.25) is 5.02 Å². The highest BCUT2D eigenvalue weighted by atomic mass is 35.5. The van der Waals surface area contributed by atoms with Crippen molar-refractivity contribution in [1.29, 1.82) is 0 Å². The van der Waals surface area contributed by atoms with Crippen LogP contribution in [0.5, 0.6) is 11.5 Å². The number of hydrogen-bond donors (Lipinski definition) is 1. The van der Waals surface area contributed by atoms with Gasteiger partial charge in [-0.15, -0.1) is 0 Å². The van der Waals surface area contributed by atoms with Crippen molar-refractivity contribution in [1.82, 2.24) is 9.80 Å². The molecule has 1 unspecified atom stereocenters. The van der Waals surface area contributed by atoms with Crippen molar-refractivity contribution in [2.75, 3.05) is 39.3 Å². The second-order valence-electron chi connectivity index (χ2n) is 6.86. The van der Waals surface area contributed by atoms with Gasteiger partial charge in [0, 0.05) is 32.7 Å². The summed E-state index contributed by atoms with van der Waals surface area (Å²) < 4.78 is 35.2. The van der Waals surface area contributed by atoms with E-state index in [0.29, 0.717) is 43.5 Å². The normalized spacial score (nSPS) is 15.8. The molecule has 1 aliphatic heterocycles. The molecule has 30 heavy (non-hydrogen) atoms. The number of carbonyl (C=O) groups is 1. The lowest BCUT2D eigenvalue weighted by Gasteiger charge is -2.35. The predicted molar refractivity (Wildman–Crippen MR) is 108 cm³/mol. The van der Waals surface area contributed by atoms with Gasteiger partial charge in [-0.25, -0.2) is 0 Å². The molecular formula is C21H23ClF2N2O4. The van der Waals surface area contributed by atoms with Gasteiger partial charge in [0.2, 0.25) is 0 Å². The number of β-amino-alcohol motifs (C(OH)–C–C–N with tert-alkyl or cyclic N) is 1. The number of hydrogen-bond acceptors (Lipinski definition) is 5. The summed E-state index contributed by atoms with van der Waals surface area (Å²) in [6.45, 7) is -0.580. The third-order valence-corrected chi connectivity index (χ3v) is 5.04. The summed E-state index contributed by atoms with van der Waals surface area (Å²) in [6.07, 6.45) is -0.719. The molecule has 162 valence electrons.